The summed E-state index contributed by atoms with van der Waals surface area (Å²) >= 11 is 1.92. The molecule has 0 spiro atoms. The van der Waals surface area contributed by atoms with Crippen molar-refractivity contribution in [3.05, 3.63) is 71.3 Å². The maximum atomic E-state index is 12.3. The second kappa shape index (κ2) is 12.4. The van der Waals surface area contributed by atoms with Gasteiger partial charge in [-0.3, -0.25) is 9.79 Å². The van der Waals surface area contributed by atoms with Crippen molar-refractivity contribution >= 4 is 23.6 Å². The molecule has 0 bridgehead atoms. The van der Waals surface area contributed by atoms with E-state index < -0.39 is 0 Å². The third-order valence-electron chi connectivity index (χ3n) is 5.52. The van der Waals surface area contributed by atoms with Gasteiger partial charge in [0.1, 0.15) is 0 Å². The Morgan fingerprint density at radius 3 is 2.61 bits per heavy atom. The molecule has 1 unspecified atom stereocenters. The molecule has 0 aromatic heterocycles. The Kier molecular flexibility index (Phi) is 9.28. The van der Waals surface area contributed by atoms with E-state index in [2.05, 4.69) is 58.9 Å². The van der Waals surface area contributed by atoms with Crippen LogP contribution in [0.2, 0.25) is 0 Å². The van der Waals surface area contributed by atoms with Gasteiger partial charge in [0.2, 0.25) is 5.91 Å². The zero-order valence-corrected chi connectivity index (χ0v) is 19.5. The number of benzene rings is 2. The van der Waals surface area contributed by atoms with E-state index in [0.29, 0.717) is 12.3 Å². The summed E-state index contributed by atoms with van der Waals surface area (Å²) in [7, 11) is 1.79. The SMILES string of the molecule is CN=C(NCCSCc1ccc(C)cc1)NCC1CC(=O)N(CCc2ccccc2)C1. The van der Waals surface area contributed by atoms with Crippen molar-refractivity contribution in [1.82, 2.24) is 15.5 Å². The lowest BCUT2D eigenvalue weighted by molar-refractivity contribution is -0.127. The number of hydrogen-bond acceptors (Lipinski definition) is 3. The van der Waals surface area contributed by atoms with Gasteiger partial charge in [0, 0.05) is 57.1 Å². The van der Waals surface area contributed by atoms with Crippen LogP contribution >= 0.6 is 11.8 Å². The number of rotatable bonds is 10. The van der Waals surface area contributed by atoms with Crippen LogP contribution in [0, 0.1) is 12.8 Å². The fourth-order valence-corrected chi connectivity index (χ4v) is 4.51. The molecule has 5 nitrogen and oxygen atoms in total. The summed E-state index contributed by atoms with van der Waals surface area (Å²) in [6.45, 7) is 5.36. The minimum absolute atomic E-state index is 0.262. The zero-order valence-electron chi connectivity index (χ0n) is 18.6. The molecule has 0 radical (unpaired) electrons. The van der Waals surface area contributed by atoms with Gasteiger partial charge in [-0.1, -0.05) is 60.2 Å². The first-order valence-corrected chi connectivity index (χ1v) is 12.2. The summed E-state index contributed by atoms with van der Waals surface area (Å²) < 4.78 is 0. The number of aryl methyl sites for hydroxylation is 1. The van der Waals surface area contributed by atoms with Gasteiger partial charge in [-0.2, -0.15) is 11.8 Å². The predicted molar refractivity (Wildman–Crippen MR) is 132 cm³/mol. The summed E-state index contributed by atoms with van der Waals surface area (Å²) in [5.41, 5.74) is 3.94. The van der Waals surface area contributed by atoms with E-state index in [1.165, 1.54) is 16.7 Å². The van der Waals surface area contributed by atoms with Crippen molar-refractivity contribution in [1.29, 1.82) is 0 Å². The summed E-state index contributed by atoms with van der Waals surface area (Å²) in [5, 5.41) is 6.77. The quantitative estimate of drug-likeness (QED) is 0.339. The van der Waals surface area contributed by atoms with Crippen LogP contribution in [0.4, 0.5) is 0 Å². The summed E-state index contributed by atoms with van der Waals surface area (Å²) in [4.78, 5) is 18.7. The number of amides is 1. The molecule has 2 aromatic carbocycles. The van der Waals surface area contributed by atoms with Crippen LogP contribution in [0.3, 0.4) is 0 Å². The number of carbonyl (C=O) groups excluding carboxylic acids is 1. The van der Waals surface area contributed by atoms with E-state index in [-0.39, 0.29) is 5.91 Å². The molecule has 2 N–H and O–H groups in total. The van der Waals surface area contributed by atoms with E-state index in [9.17, 15) is 4.79 Å². The number of likely N-dealkylation sites (tertiary alicyclic amines) is 1. The smallest absolute Gasteiger partial charge is 0.223 e. The Labute approximate surface area is 190 Å². The zero-order chi connectivity index (χ0) is 21.9. The number of aliphatic imine (C=N–C) groups is 1. The van der Waals surface area contributed by atoms with Crippen LogP contribution in [0.5, 0.6) is 0 Å². The van der Waals surface area contributed by atoms with Gasteiger partial charge < -0.3 is 15.5 Å². The van der Waals surface area contributed by atoms with Crippen molar-refractivity contribution in [3.8, 4) is 0 Å². The van der Waals surface area contributed by atoms with Gasteiger partial charge in [0.15, 0.2) is 5.96 Å². The molecule has 166 valence electrons. The highest BCUT2D eigenvalue weighted by Crippen LogP contribution is 2.17. The summed E-state index contributed by atoms with van der Waals surface area (Å²) in [5.74, 6) is 3.45. The Bertz CT molecular complexity index is 838. The number of carbonyl (C=O) groups is 1. The molecule has 1 saturated heterocycles. The Morgan fingerprint density at radius 1 is 1.10 bits per heavy atom. The van der Waals surface area contributed by atoms with Gasteiger partial charge in [-0.25, -0.2) is 0 Å². The minimum Gasteiger partial charge on any atom is -0.356 e. The average molecular weight is 439 g/mol. The first-order chi connectivity index (χ1) is 15.1. The highest BCUT2D eigenvalue weighted by Gasteiger charge is 2.29. The number of thioether (sulfide) groups is 1. The highest BCUT2D eigenvalue weighted by atomic mass is 32.2. The molecule has 1 fully saturated rings. The molecule has 3 rings (SSSR count). The van der Waals surface area contributed by atoms with Crippen LogP contribution in [-0.2, 0) is 17.0 Å². The maximum absolute atomic E-state index is 12.3. The van der Waals surface area contributed by atoms with E-state index in [0.717, 1.165) is 50.1 Å². The Balaban J connectivity index is 1.30. The number of nitrogens with zero attached hydrogens (tertiary/aromatic N) is 2. The Morgan fingerprint density at radius 2 is 1.87 bits per heavy atom. The van der Waals surface area contributed by atoms with E-state index in [1.807, 2.05) is 34.9 Å². The molecular formula is C25H34N4OS. The van der Waals surface area contributed by atoms with Crippen LogP contribution in [0.1, 0.15) is 23.1 Å². The van der Waals surface area contributed by atoms with Crippen molar-refractivity contribution < 1.29 is 4.79 Å². The molecule has 6 heteroatoms. The topological polar surface area (TPSA) is 56.7 Å². The number of hydrogen-bond donors (Lipinski definition) is 2. The molecule has 0 aliphatic carbocycles. The first-order valence-electron chi connectivity index (χ1n) is 11.0. The predicted octanol–water partition coefficient (Wildman–Crippen LogP) is 3.48. The molecule has 31 heavy (non-hydrogen) atoms. The van der Waals surface area contributed by atoms with E-state index >= 15 is 0 Å². The minimum atomic E-state index is 0.262. The second-order valence-electron chi connectivity index (χ2n) is 8.06. The van der Waals surface area contributed by atoms with Crippen LogP contribution in [-0.4, -0.2) is 55.7 Å². The van der Waals surface area contributed by atoms with E-state index in [1.54, 1.807) is 7.05 Å². The monoisotopic (exact) mass is 438 g/mol. The number of nitrogens with one attached hydrogen (secondary N) is 2. The van der Waals surface area contributed by atoms with Gasteiger partial charge >= 0.3 is 0 Å². The van der Waals surface area contributed by atoms with Crippen molar-refractivity contribution in [2.24, 2.45) is 10.9 Å². The molecule has 1 amide bonds. The van der Waals surface area contributed by atoms with Crippen molar-refractivity contribution in [2.75, 3.05) is 39.0 Å². The molecule has 1 aliphatic rings. The average Bonchev–Trinajstić information content (AvgIpc) is 3.15. The highest BCUT2D eigenvalue weighted by molar-refractivity contribution is 7.98. The molecular weight excluding hydrogens is 404 g/mol. The third-order valence-corrected chi connectivity index (χ3v) is 6.55. The standard InChI is InChI=1S/C25H34N4OS/c1-20-8-10-22(11-9-20)19-31-15-13-27-25(26-2)28-17-23-16-24(30)29(18-23)14-12-21-6-4-3-5-7-21/h3-11,23H,12-19H2,1-2H3,(H2,26,27,28). The third kappa shape index (κ3) is 7.94. The van der Waals surface area contributed by atoms with Gasteiger partial charge in [0.05, 0.1) is 0 Å². The lowest BCUT2D eigenvalue weighted by Crippen LogP contribution is -2.41. The summed E-state index contributed by atoms with van der Waals surface area (Å²) in [6, 6.07) is 19.1. The first kappa shape index (κ1) is 23.2. The van der Waals surface area contributed by atoms with E-state index in [4.69, 9.17) is 0 Å². The fourth-order valence-electron chi connectivity index (χ4n) is 3.69. The number of guanidine groups is 1. The maximum Gasteiger partial charge on any atom is 0.223 e. The van der Waals surface area contributed by atoms with Crippen LogP contribution in [0.25, 0.3) is 0 Å². The lowest BCUT2D eigenvalue weighted by Gasteiger charge is -2.18. The van der Waals surface area contributed by atoms with Crippen LogP contribution in [0.15, 0.2) is 59.6 Å². The van der Waals surface area contributed by atoms with Crippen molar-refractivity contribution in [2.45, 2.75) is 25.5 Å². The fraction of sp³-hybridized carbons (Fsp3) is 0.440. The molecule has 1 atom stereocenters. The second-order valence-corrected chi connectivity index (χ2v) is 9.17. The van der Waals surface area contributed by atoms with Gasteiger partial charge in [-0.15, -0.1) is 0 Å². The lowest BCUT2D eigenvalue weighted by atomic mass is 10.1. The van der Waals surface area contributed by atoms with Crippen LogP contribution < -0.4 is 10.6 Å². The molecule has 2 aromatic rings. The van der Waals surface area contributed by atoms with Gasteiger partial charge in [-0.05, 0) is 24.5 Å². The van der Waals surface area contributed by atoms with Gasteiger partial charge in [0.25, 0.3) is 0 Å². The Hall–Kier alpha value is -2.47. The molecule has 0 saturated carbocycles. The molecule has 1 aliphatic heterocycles. The molecule has 1 heterocycles. The van der Waals surface area contributed by atoms with Crippen molar-refractivity contribution in [3.63, 3.8) is 0 Å². The normalized spacial score (nSPS) is 16.6. The largest absolute Gasteiger partial charge is 0.356 e. The summed E-state index contributed by atoms with van der Waals surface area (Å²) in [6.07, 6.45) is 1.53.